The molecule has 0 spiro atoms. The van der Waals surface area contributed by atoms with Crippen LogP contribution in [0.4, 0.5) is 5.69 Å². The van der Waals surface area contributed by atoms with E-state index in [1.54, 1.807) is 0 Å². The Kier molecular flexibility index (Phi) is 5.27. The van der Waals surface area contributed by atoms with Gasteiger partial charge in [0.05, 0.1) is 6.54 Å². The average Bonchev–Trinajstić information content (AvgIpc) is 2.80. The Morgan fingerprint density at radius 3 is 2.24 bits per heavy atom. The average molecular weight is 344 g/mol. The largest absolute Gasteiger partial charge is 0.370 e. The third kappa shape index (κ3) is 3.92. The SMILES string of the molecule is I.NC(N)=NCc1ccc(N2CC=CC2)cc1. The number of halogens is 1. The molecule has 2 rings (SSSR count). The molecule has 17 heavy (non-hydrogen) atoms. The molecule has 0 radical (unpaired) electrons. The summed E-state index contributed by atoms with van der Waals surface area (Å²) in [6, 6.07) is 8.31. The number of nitrogens with zero attached hydrogens (tertiary/aromatic N) is 2. The monoisotopic (exact) mass is 344 g/mol. The summed E-state index contributed by atoms with van der Waals surface area (Å²) in [5.41, 5.74) is 12.9. The molecule has 1 aliphatic rings. The summed E-state index contributed by atoms with van der Waals surface area (Å²) in [4.78, 5) is 6.26. The van der Waals surface area contributed by atoms with Gasteiger partial charge in [-0.2, -0.15) is 0 Å². The second-order valence-corrected chi connectivity index (χ2v) is 3.78. The third-order valence-electron chi connectivity index (χ3n) is 2.56. The minimum absolute atomic E-state index is 0. The van der Waals surface area contributed by atoms with Gasteiger partial charge in [0, 0.05) is 18.8 Å². The molecule has 0 aliphatic carbocycles. The summed E-state index contributed by atoms with van der Waals surface area (Å²) in [7, 11) is 0. The first-order chi connectivity index (χ1) is 7.75. The van der Waals surface area contributed by atoms with E-state index in [9.17, 15) is 0 Å². The molecule has 0 unspecified atom stereocenters. The molecule has 4 N–H and O–H groups in total. The highest BCUT2D eigenvalue weighted by Crippen LogP contribution is 2.17. The van der Waals surface area contributed by atoms with Crippen LogP contribution < -0.4 is 16.4 Å². The molecule has 0 aromatic heterocycles. The number of anilines is 1. The molecule has 1 aromatic rings. The lowest BCUT2D eigenvalue weighted by Crippen LogP contribution is -2.22. The molecular formula is C12H17IN4. The lowest BCUT2D eigenvalue weighted by Gasteiger charge is -2.17. The summed E-state index contributed by atoms with van der Waals surface area (Å²) in [6.07, 6.45) is 4.35. The van der Waals surface area contributed by atoms with Crippen LogP contribution in [0.3, 0.4) is 0 Å². The molecule has 5 heteroatoms. The number of hydrogen-bond acceptors (Lipinski definition) is 2. The summed E-state index contributed by atoms with van der Waals surface area (Å²) in [6.45, 7) is 2.53. The van der Waals surface area contributed by atoms with Crippen molar-refractivity contribution in [2.45, 2.75) is 6.54 Å². The van der Waals surface area contributed by atoms with Gasteiger partial charge in [0.15, 0.2) is 5.96 Å². The van der Waals surface area contributed by atoms with E-state index in [0.29, 0.717) is 6.54 Å². The number of guanidine groups is 1. The molecule has 0 atom stereocenters. The molecule has 0 amide bonds. The van der Waals surface area contributed by atoms with Gasteiger partial charge < -0.3 is 16.4 Å². The zero-order chi connectivity index (χ0) is 11.4. The zero-order valence-electron chi connectivity index (χ0n) is 9.54. The topological polar surface area (TPSA) is 67.6 Å². The first-order valence-electron chi connectivity index (χ1n) is 5.30. The second-order valence-electron chi connectivity index (χ2n) is 3.78. The van der Waals surface area contributed by atoms with Crippen LogP contribution in [0.25, 0.3) is 0 Å². The lowest BCUT2D eigenvalue weighted by atomic mass is 10.2. The third-order valence-corrected chi connectivity index (χ3v) is 2.56. The first-order valence-corrected chi connectivity index (χ1v) is 5.30. The van der Waals surface area contributed by atoms with Gasteiger partial charge in [0.1, 0.15) is 0 Å². The van der Waals surface area contributed by atoms with Gasteiger partial charge in [-0.15, -0.1) is 24.0 Å². The van der Waals surface area contributed by atoms with Gasteiger partial charge in [-0.1, -0.05) is 24.3 Å². The van der Waals surface area contributed by atoms with Crippen LogP contribution in [0, 0.1) is 0 Å². The van der Waals surface area contributed by atoms with Crippen molar-refractivity contribution in [3.63, 3.8) is 0 Å². The molecule has 92 valence electrons. The van der Waals surface area contributed by atoms with Crippen molar-refractivity contribution in [3.05, 3.63) is 42.0 Å². The lowest BCUT2D eigenvalue weighted by molar-refractivity contribution is 0.999. The molecule has 1 aromatic carbocycles. The van der Waals surface area contributed by atoms with Crippen molar-refractivity contribution in [2.75, 3.05) is 18.0 Å². The summed E-state index contributed by atoms with van der Waals surface area (Å²) >= 11 is 0. The molecule has 0 bridgehead atoms. The summed E-state index contributed by atoms with van der Waals surface area (Å²) in [5, 5.41) is 0. The Morgan fingerprint density at radius 1 is 1.12 bits per heavy atom. The number of rotatable bonds is 3. The number of hydrogen-bond donors (Lipinski definition) is 2. The minimum Gasteiger partial charge on any atom is -0.370 e. The van der Waals surface area contributed by atoms with E-state index in [1.807, 2.05) is 0 Å². The minimum atomic E-state index is 0. The first kappa shape index (κ1) is 13.8. The molecule has 0 fully saturated rings. The van der Waals surface area contributed by atoms with Crippen LogP contribution in [-0.4, -0.2) is 19.0 Å². The highest BCUT2D eigenvalue weighted by atomic mass is 127. The molecule has 1 aliphatic heterocycles. The fourth-order valence-electron chi connectivity index (χ4n) is 1.68. The van der Waals surface area contributed by atoms with Gasteiger partial charge >= 0.3 is 0 Å². The Morgan fingerprint density at radius 2 is 1.71 bits per heavy atom. The van der Waals surface area contributed by atoms with Gasteiger partial charge in [-0.05, 0) is 17.7 Å². The quantitative estimate of drug-likeness (QED) is 0.378. The smallest absolute Gasteiger partial charge is 0.186 e. The number of nitrogens with two attached hydrogens (primary N) is 2. The Labute approximate surface area is 118 Å². The van der Waals surface area contributed by atoms with Crippen LogP contribution in [0.1, 0.15) is 5.56 Å². The Bertz CT molecular complexity index is 399. The second kappa shape index (κ2) is 6.48. The van der Waals surface area contributed by atoms with E-state index in [1.165, 1.54) is 5.69 Å². The van der Waals surface area contributed by atoms with E-state index in [0.717, 1.165) is 18.7 Å². The van der Waals surface area contributed by atoms with E-state index in [2.05, 4.69) is 46.3 Å². The van der Waals surface area contributed by atoms with Gasteiger partial charge in [-0.3, -0.25) is 0 Å². The highest BCUT2D eigenvalue weighted by molar-refractivity contribution is 14.0. The van der Waals surface area contributed by atoms with Crippen molar-refractivity contribution >= 4 is 35.6 Å². The van der Waals surface area contributed by atoms with Gasteiger partial charge in [0.25, 0.3) is 0 Å². The molecule has 4 nitrogen and oxygen atoms in total. The van der Waals surface area contributed by atoms with Crippen LogP contribution in [0.5, 0.6) is 0 Å². The number of benzene rings is 1. The predicted octanol–water partition coefficient (Wildman–Crippen LogP) is 1.45. The summed E-state index contributed by atoms with van der Waals surface area (Å²) in [5.74, 6) is 0.132. The maximum atomic E-state index is 5.28. The van der Waals surface area contributed by atoms with E-state index >= 15 is 0 Å². The predicted molar refractivity (Wildman–Crippen MR) is 82.7 cm³/mol. The summed E-state index contributed by atoms with van der Waals surface area (Å²) < 4.78 is 0. The molecule has 0 saturated heterocycles. The highest BCUT2D eigenvalue weighted by Gasteiger charge is 2.06. The van der Waals surface area contributed by atoms with Crippen LogP contribution in [0.15, 0.2) is 41.4 Å². The van der Waals surface area contributed by atoms with Crippen LogP contribution >= 0.6 is 24.0 Å². The standard InChI is InChI=1S/C12H16N4.HI/c13-12(14)15-9-10-3-5-11(6-4-10)16-7-1-2-8-16;/h1-6H,7-9H2,(H4,13,14,15);1H. The maximum absolute atomic E-state index is 5.28. The van der Waals surface area contributed by atoms with Crippen molar-refractivity contribution < 1.29 is 0 Å². The Hall–Kier alpha value is -1.24. The van der Waals surface area contributed by atoms with E-state index < -0.39 is 0 Å². The fourth-order valence-corrected chi connectivity index (χ4v) is 1.68. The van der Waals surface area contributed by atoms with Crippen LogP contribution in [-0.2, 0) is 6.54 Å². The van der Waals surface area contributed by atoms with Gasteiger partial charge in [0.2, 0.25) is 0 Å². The van der Waals surface area contributed by atoms with Crippen LogP contribution in [0.2, 0.25) is 0 Å². The van der Waals surface area contributed by atoms with Crippen molar-refractivity contribution in [1.29, 1.82) is 0 Å². The fraction of sp³-hybridized carbons (Fsp3) is 0.250. The van der Waals surface area contributed by atoms with Crippen molar-refractivity contribution in [2.24, 2.45) is 16.5 Å². The zero-order valence-corrected chi connectivity index (χ0v) is 11.9. The Balaban J connectivity index is 0.00000144. The van der Waals surface area contributed by atoms with Gasteiger partial charge in [-0.25, -0.2) is 4.99 Å². The molecule has 0 saturated carbocycles. The van der Waals surface area contributed by atoms with Crippen molar-refractivity contribution in [1.82, 2.24) is 0 Å². The van der Waals surface area contributed by atoms with Crippen molar-refractivity contribution in [3.8, 4) is 0 Å². The molecular weight excluding hydrogens is 327 g/mol. The normalized spacial score (nSPS) is 13.3. The number of aliphatic imine (C=N–C) groups is 1. The molecule has 1 heterocycles. The maximum Gasteiger partial charge on any atom is 0.186 e. The van der Waals surface area contributed by atoms with E-state index in [-0.39, 0.29) is 29.9 Å². The van der Waals surface area contributed by atoms with E-state index in [4.69, 9.17) is 11.5 Å².